The zero-order valence-corrected chi connectivity index (χ0v) is 11.6. The van der Waals surface area contributed by atoms with E-state index in [-0.39, 0.29) is 5.91 Å². The molecule has 0 spiro atoms. The van der Waals surface area contributed by atoms with Crippen LogP contribution in [0.5, 0.6) is 0 Å². The summed E-state index contributed by atoms with van der Waals surface area (Å²) in [6.45, 7) is 1.37. The molecule has 1 aliphatic rings. The molecule has 19 heavy (non-hydrogen) atoms. The van der Waals surface area contributed by atoms with Gasteiger partial charge in [-0.25, -0.2) is 4.79 Å². The predicted octanol–water partition coefficient (Wildman–Crippen LogP) is 1.46. The van der Waals surface area contributed by atoms with Gasteiger partial charge in [0.05, 0.1) is 4.88 Å². The quantitative estimate of drug-likeness (QED) is 0.880. The summed E-state index contributed by atoms with van der Waals surface area (Å²) in [4.78, 5) is 25.7. The summed E-state index contributed by atoms with van der Waals surface area (Å²) < 4.78 is 2.16. The highest BCUT2D eigenvalue weighted by atomic mass is 32.1. The molecule has 1 amide bonds. The molecule has 5 nitrogen and oxygen atoms in total. The minimum atomic E-state index is -0.959. The number of rotatable bonds is 2. The molecule has 1 aliphatic heterocycles. The Kier molecular flexibility index (Phi) is 3.26. The molecule has 2 aromatic rings. The topological polar surface area (TPSA) is 69.6 Å². The fourth-order valence-corrected chi connectivity index (χ4v) is 4.25. The Hall–Kier alpha value is -1.44. The van der Waals surface area contributed by atoms with Gasteiger partial charge in [0.25, 0.3) is 5.91 Å². The van der Waals surface area contributed by atoms with E-state index in [4.69, 9.17) is 0 Å². The van der Waals surface area contributed by atoms with Gasteiger partial charge in [-0.3, -0.25) is 4.79 Å². The third kappa shape index (κ3) is 2.24. The molecule has 3 heterocycles. The molecular formula is C12H12N2O3S2. The fourth-order valence-electron chi connectivity index (χ4n) is 2.18. The van der Waals surface area contributed by atoms with Crippen molar-refractivity contribution in [2.75, 3.05) is 19.6 Å². The van der Waals surface area contributed by atoms with Gasteiger partial charge in [0.1, 0.15) is 6.04 Å². The molecule has 0 bridgehead atoms. The average Bonchev–Trinajstić information content (AvgIpc) is 2.98. The van der Waals surface area contributed by atoms with E-state index >= 15 is 0 Å². The SMILES string of the molecule is O=C(O)C1CNCCN1C(=O)c1cc2sccc2s1. The van der Waals surface area contributed by atoms with Gasteiger partial charge in [-0.2, -0.15) is 0 Å². The standard InChI is InChI=1S/C12H12N2O3S2/c15-11(10-5-9-8(19-10)1-4-18-9)14-3-2-13-6-7(14)12(16)17/h1,4-5,7,13H,2-3,6H2,(H,16,17). The maximum absolute atomic E-state index is 12.4. The van der Waals surface area contributed by atoms with Gasteiger partial charge >= 0.3 is 5.97 Å². The van der Waals surface area contributed by atoms with Gasteiger partial charge in [0, 0.05) is 29.0 Å². The monoisotopic (exact) mass is 296 g/mol. The van der Waals surface area contributed by atoms with E-state index in [1.165, 1.54) is 16.2 Å². The van der Waals surface area contributed by atoms with Crippen LogP contribution in [0.25, 0.3) is 9.40 Å². The molecule has 1 fully saturated rings. The molecule has 0 radical (unpaired) electrons. The van der Waals surface area contributed by atoms with E-state index < -0.39 is 12.0 Å². The molecule has 3 rings (SSSR count). The van der Waals surface area contributed by atoms with Gasteiger partial charge in [-0.15, -0.1) is 22.7 Å². The summed E-state index contributed by atoms with van der Waals surface area (Å²) in [7, 11) is 0. The van der Waals surface area contributed by atoms with E-state index in [0.717, 1.165) is 9.40 Å². The number of nitrogens with one attached hydrogen (secondary N) is 1. The normalized spacial score (nSPS) is 19.8. The van der Waals surface area contributed by atoms with Crippen molar-refractivity contribution in [1.29, 1.82) is 0 Å². The van der Waals surface area contributed by atoms with Crippen LogP contribution in [-0.4, -0.2) is 47.6 Å². The van der Waals surface area contributed by atoms with Crippen LogP contribution in [0.4, 0.5) is 0 Å². The van der Waals surface area contributed by atoms with Crippen molar-refractivity contribution in [2.45, 2.75) is 6.04 Å². The Morgan fingerprint density at radius 2 is 2.26 bits per heavy atom. The maximum Gasteiger partial charge on any atom is 0.327 e. The first-order valence-electron chi connectivity index (χ1n) is 5.88. The van der Waals surface area contributed by atoms with E-state index in [9.17, 15) is 14.7 Å². The number of piperazine rings is 1. The van der Waals surface area contributed by atoms with E-state index in [2.05, 4.69) is 5.32 Å². The van der Waals surface area contributed by atoms with Crippen molar-refractivity contribution in [3.05, 3.63) is 22.4 Å². The third-order valence-corrected chi connectivity index (χ3v) is 5.22. The lowest BCUT2D eigenvalue weighted by Gasteiger charge is -2.33. The zero-order chi connectivity index (χ0) is 13.4. The van der Waals surface area contributed by atoms with Crippen molar-refractivity contribution in [3.8, 4) is 0 Å². The number of carboxylic acid groups (broad SMARTS) is 1. The van der Waals surface area contributed by atoms with Crippen LogP contribution in [-0.2, 0) is 4.79 Å². The molecule has 2 N–H and O–H groups in total. The van der Waals surface area contributed by atoms with Crippen LogP contribution < -0.4 is 5.32 Å². The molecular weight excluding hydrogens is 284 g/mol. The molecule has 2 aromatic heterocycles. The number of aliphatic carboxylic acids is 1. The number of carbonyl (C=O) groups is 2. The van der Waals surface area contributed by atoms with Gasteiger partial charge in [-0.05, 0) is 17.5 Å². The maximum atomic E-state index is 12.4. The number of amides is 1. The van der Waals surface area contributed by atoms with Gasteiger partial charge < -0.3 is 15.3 Å². The Morgan fingerprint density at radius 1 is 1.42 bits per heavy atom. The second-order valence-corrected chi connectivity index (χ2v) is 6.35. The lowest BCUT2D eigenvalue weighted by Crippen LogP contribution is -2.56. The van der Waals surface area contributed by atoms with Crippen molar-refractivity contribution in [1.82, 2.24) is 10.2 Å². The Balaban J connectivity index is 1.89. The van der Waals surface area contributed by atoms with Crippen molar-refractivity contribution in [2.24, 2.45) is 0 Å². The van der Waals surface area contributed by atoms with Crippen LogP contribution >= 0.6 is 22.7 Å². The van der Waals surface area contributed by atoms with Crippen LogP contribution in [0.3, 0.4) is 0 Å². The molecule has 1 unspecified atom stereocenters. The molecule has 100 valence electrons. The Morgan fingerprint density at radius 3 is 3.00 bits per heavy atom. The molecule has 0 saturated carbocycles. The van der Waals surface area contributed by atoms with Crippen LogP contribution in [0.1, 0.15) is 9.67 Å². The number of carboxylic acids is 1. The average molecular weight is 296 g/mol. The lowest BCUT2D eigenvalue weighted by atomic mass is 10.2. The van der Waals surface area contributed by atoms with Gasteiger partial charge in [-0.1, -0.05) is 0 Å². The van der Waals surface area contributed by atoms with Crippen LogP contribution in [0.2, 0.25) is 0 Å². The minimum Gasteiger partial charge on any atom is -0.480 e. The van der Waals surface area contributed by atoms with Crippen LogP contribution in [0, 0.1) is 0 Å². The number of thiophene rings is 2. The molecule has 1 saturated heterocycles. The highest BCUT2D eigenvalue weighted by Crippen LogP contribution is 2.31. The largest absolute Gasteiger partial charge is 0.480 e. The first-order chi connectivity index (χ1) is 9.16. The molecule has 0 aliphatic carbocycles. The van der Waals surface area contributed by atoms with E-state index in [0.29, 0.717) is 24.5 Å². The second kappa shape index (κ2) is 4.92. The van der Waals surface area contributed by atoms with Crippen molar-refractivity contribution < 1.29 is 14.7 Å². The lowest BCUT2D eigenvalue weighted by molar-refractivity contribution is -0.142. The first kappa shape index (κ1) is 12.6. The summed E-state index contributed by atoms with van der Waals surface area (Å²) >= 11 is 3.02. The Bertz CT molecular complexity index is 605. The van der Waals surface area contributed by atoms with E-state index in [1.807, 2.05) is 17.5 Å². The van der Waals surface area contributed by atoms with Gasteiger partial charge in [0.15, 0.2) is 0 Å². The number of carbonyl (C=O) groups excluding carboxylic acids is 1. The van der Waals surface area contributed by atoms with E-state index in [1.54, 1.807) is 11.3 Å². The smallest absolute Gasteiger partial charge is 0.327 e. The number of hydrogen-bond acceptors (Lipinski definition) is 5. The summed E-state index contributed by atoms with van der Waals surface area (Å²) in [6.07, 6.45) is 0. The van der Waals surface area contributed by atoms with Crippen molar-refractivity contribution >= 4 is 43.9 Å². The van der Waals surface area contributed by atoms with Gasteiger partial charge in [0.2, 0.25) is 0 Å². The zero-order valence-electron chi connectivity index (χ0n) is 9.96. The summed E-state index contributed by atoms with van der Waals surface area (Å²) in [5.41, 5.74) is 0. The highest BCUT2D eigenvalue weighted by molar-refractivity contribution is 7.27. The number of fused-ring (bicyclic) bond motifs is 1. The first-order valence-corrected chi connectivity index (χ1v) is 7.58. The molecule has 1 atom stereocenters. The second-order valence-electron chi connectivity index (χ2n) is 4.32. The summed E-state index contributed by atoms with van der Waals surface area (Å²) in [6, 6.07) is 3.06. The fraction of sp³-hybridized carbons (Fsp3) is 0.333. The Labute approximate surface area is 117 Å². The summed E-state index contributed by atoms with van der Waals surface area (Å²) in [5, 5.41) is 14.2. The third-order valence-electron chi connectivity index (χ3n) is 3.14. The molecule has 7 heteroatoms. The van der Waals surface area contributed by atoms with Crippen LogP contribution in [0.15, 0.2) is 17.5 Å². The van der Waals surface area contributed by atoms with Crippen molar-refractivity contribution in [3.63, 3.8) is 0 Å². The molecule has 0 aromatic carbocycles. The number of hydrogen-bond donors (Lipinski definition) is 2. The predicted molar refractivity (Wildman–Crippen MR) is 75.0 cm³/mol. The minimum absolute atomic E-state index is 0.178. The highest BCUT2D eigenvalue weighted by Gasteiger charge is 2.33. The number of nitrogens with zero attached hydrogens (tertiary/aromatic N) is 1. The summed E-state index contributed by atoms with van der Waals surface area (Å²) in [5.74, 6) is -1.14.